The van der Waals surface area contributed by atoms with Crippen LogP contribution in [-0.4, -0.2) is 14.8 Å². The Hall–Kier alpha value is -2.07. The van der Waals surface area contributed by atoms with Crippen molar-refractivity contribution >= 4 is 11.8 Å². The van der Waals surface area contributed by atoms with Crippen LogP contribution in [0.3, 0.4) is 0 Å². The summed E-state index contributed by atoms with van der Waals surface area (Å²) in [6.07, 6.45) is 0. The average molecular weight is 295 g/mol. The van der Waals surface area contributed by atoms with Gasteiger partial charge >= 0.3 is 0 Å². The van der Waals surface area contributed by atoms with Crippen molar-refractivity contribution in [2.24, 2.45) is 7.05 Å². The summed E-state index contributed by atoms with van der Waals surface area (Å²) in [5.41, 5.74) is 2.39. The minimum absolute atomic E-state index is 0.345. The van der Waals surface area contributed by atoms with E-state index in [0.29, 0.717) is 5.25 Å². The van der Waals surface area contributed by atoms with Crippen molar-refractivity contribution in [2.75, 3.05) is 0 Å². The molecule has 1 heterocycles. The maximum Gasteiger partial charge on any atom is 0.191 e. The molecule has 0 fully saturated rings. The maximum atomic E-state index is 4.33. The van der Waals surface area contributed by atoms with Gasteiger partial charge in [-0.25, -0.2) is 0 Å². The Morgan fingerprint density at radius 3 is 2.19 bits per heavy atom. The van der Waals surface area contributed by atoms with Crippen molar-refractivity contribution in [1.82, 2.24) is 14.8 Å². The maximum absolute atomic E-state index is 4.33. The molecule has 3 rings (SSSR count). The molecule has 0 radical (unpaired) electrons. The molecule has 0 aliphatic rings. The third-order valence-electron chi connectivity index (χ3n) is 3.42. The van der Waals surface area contributed by atoms with Gasteiger partial charge in [0.05, 0.1) is 0 Å². The van der Waals surface area contributed by atoms with Crippen molar-refractivity contribution in [3.05, 3.63) is 66.2 Å². The van der Waals surface area contributed by atoms with Crippen LogP contribution in [0.15, 0.2) is 65.8 Å². The van der Waals surface area contributed by atoms with Gasteiger partial charge in [0.1, 0.15) is 0 Å². The zero-order chi connectivity index (χ0) is 14.7. The summed E-state index contributed by atoms with van der Waals surface area (Å²) in [6, 6.07) is 20.6. The van der Waals surface area contributed by atoms with Crippen LogP contribution in [-0.2, 0) is 7.05 Å². The molecular formula is C17H17N3S. The molecule has 1 aromatic heterocycles. The van der Waals surface area contributed by atoms with E-state index in [1.165, 1.54) is 5.56 Å². The predicted molar refractivity (Wildman–Crippen MR) is 87.2 cm³/mol. The van der Waals surface area contributed by atoms with E-state index in [-0.39, 0.29) is 0 Å². The molecule has 0 aliphatic heterocycles. The summed E-state index contributed by atoms with van der Waals surface area (Å²) in [5, 5.41) is 9.94. The van der Waals surface area contributed by atoms with Gasteiger partial charge in [-0.05, 0) is 12.5 Å². The highest BCUT2D eigenvalue weighted by atomic mass is 32.2. The molecule has 3 aromatic rings. The molecule has 0 amide bonds. The second-order valence-corrected chi connectivity index (χ2v) is 6.21. The van der Waals surface area contributed by atoms with Crippen molar-refractivity contribution in [3.63, 3.8) is 0 Å². The number of rotatable bonds is 4. The van der Waals surface area contributed by atoms with Crippen molar-refractivity contribution in [1.29, 1.82) is 0 Å². The van der Waals surface area contributed by atoms with Gasteiger partial charge in [-0.1, -0.05) is 72.4 Å². The van der Waals surface area contributed by atoms with Crippen LogP contribution in [0.2, 0.25) is 0 Å². The lowest BCUT2D eigenvalue weighted by molar-refractivity contribution is 0.790. The van der Waals surface area contributed by atoms with Crippen LogP contribution < -0.4 is 0 Å². The molecule has 1 atom stereocenters. The van der Waals surface area contributed by atoms with Crippen LogP contribution >= 0.6 is 11.8 Å². The van der Waals surface area contributed by atoms with Crippen molar-refractivity contribution in [3.8, 4) is 11.4 Å². The molecule has 0 saturated carbocycles. The first-order valence-corrected chi connectivity index (χ1v) is 7.80. The van der Waals surface area contributed by atoms with Crippen LogP contribution in [0.1, 0.15) is 17.7 Å². The smallest absolute Gasteiger partial charge is 0.191 e. The summed E-state index contributed by atoms with van der Waals surface area (Å²) in [5.74, 6) is 0.901. The zero-order valence-corrected chi connectivity index (χ0v) is 12.9. The van der Waals surface area contributed by atoms with E-state index in [1.807, 2.05) is 31.3 Å². The van der Waals surface area contributed by atoms with Gasteiger partial charge in [0, 0.05) is 17.9 Å². The van der Waals surface area contributed by atoms with Gasteiger partial charge in [0.25, 0.3) is 0 Å². The van der Waals surface area contributed by atoms with E-state index >= 15 is 0 Å². The molecule has 0 saturated heterocycles. The van der Waals surface area contributed by atoms with Crippen LogP contribution in [0, 0.1) is 0 Å². The number of nitrogens with zero attached hydrogens (tertiary/aromatic N) is 3. The third kappa shape index (κ3) is 3.00. The Kier molecular flexibility index (Phi) is 4.06. The summed E-state index contributed by atoms with van der Waals surface area (Å²) in [6.45, 7) is 2.19. The quantitative estimate of drug-likeness (QED) is 0.671. The Bertz CT molecular complexity index is 707. The fourth-order valence-corrected chi connectivity index (χ4v) is 3.15. The Morgan fingerprint density at radius 1 is 0.905 bits per heavy atom. The molecule has 0 spiro atoms. The lowest BCUT2D eigenvalue weighted by atomic mass is 10.2. The second-order valence-electron chi connectivity index (χ2n) is 4.90. The molecule has 4 heteroatoms. The zero-order valence-electron chi connectivity index (χ0n) is 12.1. The fourth-order valence-electron chi connectivity index (χ4n) is 2.21. The van der Waals surface area contributed by atoms with Gasteiger partial charge < -0.3 is 4.57 Å². The highest BCUT2D eigenvalue weighted by Crippen LogP contribution is 2.34. The third-order valence-corrected chi connectivity index (χ3v) is 4.61. The van der Waals surface area contributed by atoms with Crippen molar-refractivity contribution < 1.29 is 0 Å². The molecule has 0 unspecified atom stereocenters. The number of thioether (sulfide) groups is 1. The average Bonchev–Trinajstić information content (AvgIpc) is 2.90. The molecule has 21 heavy (non-hydrogen) atoms. The number of hydrogen-bond donors (Lipinski definition) is 0. The molecule has 0 aliphatic carbocycles. The predicted octanol–water partition coefficient (Wildman–Crippen LogP) is 4.34. The topological polar surface area (TPSA) is 30.7 Å². The molecule has 0 N–H and O–H groups in total. The van der Waals surface area contributed by atoms with Crippen LogP contribution in [0.25, 0.3) is 11.4 Å². The molecule has 3 nitrogen and oxygen atoms in total. The number of benzene rings is 2. The van der Waals surface area contributed by atoms with E-state index in [9.17, 15) is 0 Å². The first kappa shape index (κ1) is 13.9. The van der Waals surface area contributed by atoms with E-state index in [1.54, 1.807) is 11.8 Å². The van der Waals surface area contributed by atoms with E-state index in [2.05, 4.69) is 58.1 Å². The summed E-state index contributed by atoms with van der Waals surface area (Å²) in [7, 11) is 2.02. The molecule has 106 valence electrons. The van der Waals surface area contributed by atoms with Crippen LogP contribution in [0.5, 0.6) is 0 Å². The first-order valence-electron chi connectivity index (χ1n) is 6.92. The van der Waals surface area contributed by atoms with E-state index in [4.69, 9.17) is 0 Å². The Labute approximate surface area is 129 Å². The highest BCUT2D eigenvalue weighted by Gasteiger charge is 2.14. The summed E-state index contributed by atoms with van der Waals surface area (Å²) in [4.78, 5) is 0. The highest BCUT2D eigenvalue weighted by molar-refractivity contribution is 7.99. The van der Waals surface area contributed by atoms with Gasteiger partial charge in [0.15, 0.2) is 11.0 Å². The second kappa shape index (κ2) is 6.14. The van der Waals surface area contributed by atoms with Gasteiger partial charge in [0.2, 0.25) is 0 Å². The van der Waals surface area contributed by atoms with Gasteiger partial charge in [-0.15, -0.1) is 10.2 Å². The van der Waals surface area contributed by atoms with Gasteiger partial charge in [-0.3, -0.25) is 0 Å². The molecule has 2 aromatic carbocycles. The fraction of sp³-hybridized carbons (Fsp3) is 0.176. The first-order chi connectivity index (χ1) is 10.3. The Balaban J connectivity index is 1.83. The van der Waals surface area contributed by atoms with Gasteiger partial charge in [-0.2, -0.15) is 0 Å². The minimum Gasteiger partial charge on any atom is -0.305 e. The number of aromatic nitrogens is 3. The number of hydrogen-bond acceptors (Lipinski definition) is 3. The minimum atomic E-state index is 0.345. The lowest BCUT2D eigenvalue weighted by Crippen LogP contribution is -1.96. The van der Waals surface area contributed by atoms with Crippen LogP contribution in [0.4, 0.5) is 0 Å². The van der Waals surface area contributed by atoms with E-state index in [0.717, 1.165) is 16.5 Å². The van der Waals surface area contributed by atoms with E-state index < -0.39 is 0 Å². The SMILES string of the molecule is C[C@H](Sc1nnc(-c2ccccc2)n1C)c1ccccc1. The summed E-state index contributed by atoms with van der Waals surface area (Å²) >= 11 is 1.73. The Morgan fingerprint density at radius 2 is 1.52 bits per heavy atom. The lowest BCUT2D eigenvalue weighted by Gasteiger charge is -2.11. The summed E-state index contributed by atoms with van der Waals surface area (Å²) < 4.78 is 2.06. The monoisotopic (exact) mass is 295 g/mol. The molecular weight excluding hydrogens is 278 g/mol. The standard InChI is InChI=1S/C17H17N3S/c1-13(14-9-5-3-6-10-14)21-17-19-18-16(20(17)2)15-11-7-4-8-12-15/h3-13H,1-2H3/t13-/m0/s1. The molecule has 0 bridgehead atoms. The largest absolute Gasteiger partial charge is 0.305 e. The van der Waals surface area contributed by atoms with Crippen molar-refractivity contribution in [2.45, 2.75) is 17.3 Å². The normalized spacial score (nSPS) is 12.3.